The Morgan fingerprint density at radius 2 is 1.77 bits per heavy atom. The van der Waals surface area contributed by atoms with Gasteiger partial charge in [-0.3, -0.25) is 19.1 Å². The molecule has 1 atom stereocenters. The number of Topliss-reactive ketones (excluding diaryl/α,β-unsaturated/α-hetero) is 1. The molecule has 8 nitrogen and oxygen atoms in total. The Morgan fingerprint density at radius 1 is 0.971 bits per heavy atom. The van der Waals surface area contributed by atoms with E-state index in [0.29, 0.717) is 54.1 Å². The minimum Gasteiger partial charge on any atom is -0.490 e. The summed E-state index contributed by atoms with van der Waals surface area (Å²) >= 11 is 0. The van der Waals surface area contributed by atoms with Gasteiger partial charge in [0.25, 0.3) is 5.56 Å². The molecular formula is C27H23N3O5. The molecule has 6 rings (SSSR count). The molecule has 1 aliphatic heterocycles. The average Bonchev–Trinajstić information content (AvgIpc) is 3.11. The second kappa shape index (κ2) is 8.54. The first-order valence-electron chi connectivity index (χ1n) is 11.7. The van der Waals surface area contributed by atoms with Crippen molar-refractivity contribution in [1.82, 2.24) is 14.5 Å². The van der Waals surface area contributed by atoms with Crippen molar-refractivity contribution in [2.24, 2.45) is 0 Å². The zero-order chi connectivity index (χ0) is 23.9. The second-order valence-corrected chi connectivity index (χ2v) is 8.97. The number of carbonyl (C=O) groups is 1. The van der Waals surface area contributed by atoms with Crippen LogP contribution in [0.3, 0.4) is 0 Å². The first kappa shape index (κ1) is 21.3. The van der Waals surface area contributed by atoms with E-state index in [4.69, 9.17) is 9.47 Å². The van der Waals surface area contributed by atoms with Gasteiger partial charge in [0.2, 0.25) is 0 Å². The highest BCUT2D eigenvalue weighted by atomic mass is 16.5. The van der Waals surface area contributed by atoms with E-state index < -0.39 is 11.2 Å². The first-order chi connectivity index (χ1) is 17.1. The van der Waals surface area contributed by atoms with E-state index in [9.17, 15) is 14.4 Å². The number of nitrogens with one attached hydrogen (secondary N) is 1. The first-order valence-corrected chi connectivity index (χ1v) is 11.7. The van der Waals surface area contributed by atoms with Crippen molar-refractivity contribution >= 4 is 16.8 Å². The lowest BCUT2D eigenvalue weighted by atomic mass is 9.79. The van der Waals surface area contributed by atoms with Gasteiger partial charge in [-0.1, -0.05) is 36.4 Å². The van der Waals surface area contributed by atoms with Crippen LogP contribution in [0.5, 0.6) is 11.5 Å². The molecule has 4 aromatic rings. The summed E-state index contributed by atoms with van der Waals surface area (Å²) in [6.07, 6.45) is 3.19. The molecule has 2 aromatic heterocycles. The van der Waals surface area contributed by atoms with Crippen LogP contribution in [0.4, 0.5) is 0 Å². The number of fused-ring (bicyclic) bond motifs is 4. The molecule has 8 heteroatoms. The fraction of sp³-hybridized carbons (Fsp3) is 0.259. The summed E-state index contributed by atoms with van der Waals surface area (Å²) in [6, 6.07) is 15.4. The van der Waals surface area contributed by atoms with Crippen LogP contribution in [0.15, 0.2) is 64.3 Å². The van der Waals surface area contributed by atoms with E-state index in [1.165, 1.54) is 10.8 Å². The van der Waals surface area contributed by atoms with Gasteiger partial charge in [-0.15, -0.1) is 0 Å². The molecule has 2 aliphatic rings. The lowest BCUT2D eigenvalue weighted by Gasteiger charge is -2.25. The van der Waals surface area contributed by atoms with Crippen molar-refractivity contribution in [3.05, 3.63) is 97.8 Å². The van der Waals surface area contributed by atoms with Gasteiger partial charge >= 0.3 is 5.69 Å². The fourth-order valence-corrected chi connectivity index (χ4v) is 5.01. The van der Waals surface area contributed by atoms with Gasteiger partial charge in [0.1, 0.15) is 5.65 Å². The molecule has 1 unspecified atom stereocenters. The highest BCUT2D eigenvalue weighted by Crippen LogP contribution is 2.35. The Bertz CT molecular complexity index is 1570. The number of hydrogen-bond donors (Lipinski definition) is 1. The largest absolute Gasteiger partial charge is 0.490 e. The van der Waals surface area contributed by atoms with E-state index in [1.54, 1.807) is 0 Å². The quantitative estimate of drug-likeness (QED) is 0.494. The molecule has 1 N–H and O–H groups in total. The van der Waals surface area contributed by atoms with E-state index in [-0.39, 0.29) is 23.9 Å². The number of H-pyrrole nitrogens is 1. The van der Waals surface area contributed by atoms with Crippen molar-refractivity contribution in [1.29, 1.82) is 0 Å². The minimum absolute atomic E-state index is 0.0386. The smallest absolute Gasteiger partial charge is 0.330 e. The zero-order valence-electron chi connectivity index (χ0n) is 19.0. The molecule has 0 radical (unpaired) electrons. The Balaban J connectivity index is 1.46. The van der Waals surface area contributed by atoms with Gasteiger partial charge in [-0.25, -0.2) is 9.78 Å². The summed E-state index contributed by atoms with van der Waals surface area (Å²) in [5.41, 5.74) is 2.15. The number of aromatic amines is 1. The predicted octanol–water partition coefficient (Wildman–Crippen LogP) is 3.21. The molecule has 0 saturated carbocycles. The number of ether oxygens (including phenoxy) is 2. The normalized spacial score (nSPS) is 17.1. The summed E-state index contributed by atoms with van der Waals surface area (Å²) in [4.78, 5) is 45.7. The van der Waals surface area contributed by atoms with Crippen LogP contribution in [0.2, 0.25) is 0 Å². The van der Waals surface area contributed by atoms with E-state index in [2.05, 4.69) is 9.97 Å². The third-order valence-corrected chi connectivity index (χ3v) is 6.72. The number of rotatable bonds is 3. The standard InChI is InChI=1S/C27H23N3O5/c31-21-13-18(17-5-2-1-3-6-17)12-19-20(21)14-28-25-24(19)26(32)29-27(33)30(25)15-16-7-8-22-23(11-16)35-10-4-9-34-22/h1-3,5-8,11,14,18H,4,9-10,12-13,15H2,(H,29,32,33). The molecule has 0 saturated heterocycles. The van der Waals surface area contributed by atoms with Crippen LogP contribution < -0.4 is 20.7 Å². The maximum absolute atomic E-state index is 13.0. The third-order valence-electron chi connectivity index (χ3n) is 6.72. The average molecular weight is 469 g/mol. The molecule has 0 spiro atoms. The van der Waals surface area contributed by atoms with Gasteiger partial charge in [0, 0.05) is 24.6 Å². The molecule has 35 heavy (non-hydrogen) atoms. The lowest BCUT2D eigenvalue weighted by Crippen LogP contribution is -2.33. The van der Waals surface area contributed by atoms with Crippen molar-refractivity contribution < 1.29 is 14.3 Å². The van der Waals surface area contributed by atoms with E-state index >= 15 is 0 Å². The van der Waals surface area contributed by atoms with Gasteiger partial charge in [-0.05, 0) is 41.2 Å². The Hall–Kier alpha value is -4.20. The number of aromatic nitrogens is 3. The molecule has 0 fully saturated rings. The van der Waals surface area contributed by atoms with Crippen LogP contribution in [-0.2, 0) is 13.0 Å². The molecule has 1 aliphatic carbocycles. The molecule has 3 heterocycles. The number of nitrogens with zero attached hydrogens (tertiary/aromatic N) is 2. The van der Waals surface area contributed by atoms with Gasteiger partial charge in [0.15, 0.2) is 17.3 Å². The Labute approximate surface area is 200 Å². The predicted molar refractivity (Wildman–Crippen MR) is 130 cm³/mol. The lowest BCUT2D eigenvalue weighted by molar-refractivity contribution is 0.0964. The van der Waals surface area contributed by atoms with Gasteiger partial charge in [0.05, 0.1) is 25.1 Å². The topological polar surface area (TPSA) is 103 Å². The maximum Gasteiger partial charge on any atom is 0.330 e. The van der Waals surface area contributed by atoms with E-state index in [0.717, 1.165) is 17.5 Å². The van der Waals surface area contributed by atoms with E-state index in [1.807, 2.05) is 48.5 Å². The van der Waals surface area contributed by atoms with Crippen molar-refractivity contribution in [2.45, 2.75) is 31.7 Å². The molecule has 176 valence electrons. The van der Waals surface area contributed by atoms with Crippen LogP contribution in [-0.4, -0.2) is 33.5 Å². The third kappa shape index (κ3) is 3.80. The molecule has 0 bridgehead atoms. The Kier molecular flexibility index (Phi) is 5.21. The Morgan fingerprint density at radius 3 is 2.60 bits per heavy atom. The SMILES string of the molecule is O=C1CC(c2ccccc2)Cc2c1cnc1c2c(=O)[nH]c(=O)n1Cc1ccc2c(c1)OCCCO2. The number of pyridine rings is 1. The van der Waals surface area contributed by atoms with Gasteiger partial charge in [-0.2, -0.15) is 0 Å². The van der Waals surface area contributed by atoms with Crippen molar-refractivity contribution in [3.63, 3.8) is 0 Å². The van der Waals surface area contributed by atoms with Crippen molar-refractivity contribution in [2.75, 3.05) is 13.2 Å². The summed E-state index contributed by atoms with van der Waals surface area (Å²) in [5.74, 6) is 1.21. The number of hydrogen-bond acceptors (Lipinski definition) is 6. The van der Waals surface area contributed by atoms with Crippen molar-refractivity contribution in [3.8, 4) is 11.5 Å². The highest BCUT2D eigenvalue weighted by Gasteiger charge is 2.30. The maximum atomic E-state index is 13.0. The summed E-state index contributed by atoms with van der Waals surface area (Å²) in [7, 11) is 0. The number of benzene rings is 2. The number of ketones is 1. The molecule has 2 aromatic carbocycles. The van der Waals surface area contributed by atoms with Crippen LogP contribution >= 0.6 is 0 Å². The van der Waals surface area contributed by atoms with Gasteiger partial charge < -0.3 is 9.47 Å². The second-order valence-electron chi connectivity index (χ2n) is 8.97. The zero-order valence-corrected chi connectivity index (χ0v) is 19.0. The minimum atomic E-state index is -0.552. The molecule has 0 amide bonds. The highest BCUT2D eigenvalue weighted by molar-refractivity contribution is 6.02. The van der Waals surface area contributed by atoms with Crippen LogP contribution in [0.25, 0.3) is 11.0 Å². The summed E-state index contributed by atoms with van der Waals surface area (Å²) in [6.45, 7) is 1.33. The summed E-state index contributed by atoms with van der Waals surface area (Å²) < 4.78 is 12.9. The monoisotopic (exact) mass is 469 g/mol. The fourth-order valence-electron chi connectivity index (χ4n) is 5.01. The van der Waals surface area contributed by atoms with Crippen LogP contribution in [0, 0.1) is 0 Å². The molecular weight excluding hydrogens is 446 g/mol. The van der Waals surface area contributed by atoms with Crippen LogP contribution in [0.1, 0.15) is 45.8 Å². The summed E-state index contributed by atoms with van der Waals surface area (Å²) in [5, 5.41) is 0.297. The number of carbonyl (C=O) groups excluding carboxylic acids is 1.